The molecule has 1 heterocycles. The van der Waals surface area contributed by atoms with E-state index in [9.17, 15) is 9.90 Å². The van der Waals surface area contributed by atoms with Gasteiger partial charge in [0, 0.05) is 6.42 Å². The van der Waals surface area contributed by atoms with Crippen molar-refractivity contribution >= 4 is 5.91 Å². The zero-order valence-electron chi connectivity index (χ0n) is 26.5. The summed E-state index contributed by atoms with van der Waals surface area (Å²) in [5.41, 5.74) is 0.169. The van der Waals surface area contributed by atoms with Crippen molar-refractivity contribution in [2.45, 2.75) is 141 Å². The lowest BCUT2D eigenvalue weighted by atomic mass is 9.79. The smallest absolute Gasteiger partial charge is 0.220 e. The molecule has 0 radical (unpaired) electrons. The molecule has 234 valence electrons. The van der Waals surface area contributed by atoms with Crippen LogP contribution < -0.4 is 14.8 Å². The number of amides is 1. The van der Waals surface area contributed by atoms with Crippen LogP contribution in [0.15, 0.2) is 48.5 Å². The molecule has 5 heteroatoms. The molecule has 2 aromatic carbocycles. The number of nitrogens with one attached hydrogen (secondary N) is 1. The van der Waals surface area contributed by atoms with Crippen LogP contribution in [0.1, 0.15) is 141 Å². The molecule has 0 aromatic heterocycles. The minimum atomic E-state index is -1.33. The molecule has 3 rings (SSSR count). The molecule has 1 aliphatic rings. The minimum Gasteiger partial charge on any atom is -0.494 e. The Morgan fingerprint density at radius 3 is 1.38 bits per heavy atom. The molecule has 1 fully saturated rings. The number of carbonyl (C=O) groups is 1. The summed E-state index contributed by atoms with van der Waals surface area (Å²) in [4.78, 5) is 12.1. The van der Waals surface area contributed by atoms with E-state index in [0.717, 1.165) is 35.5 Å². The SMILES string of the molecule is CCCCCCCCCCOc1ccc(C(O)(c2ccc(OCCCCCCCCCC)cc2)[C@@H]2CCC(=O)N2)cc1. The van der Waals surface area contributed by atoms with Crippen LogP contribution in [0.5, 0.6) is 11.5 Å². The number of aliphatic hydroxyl groups is 1. The van der Waals surface area contributed by atoms with E-state index in [-0.39, 0.29) is 5.91 Å². The predicted octanol–water partition coefficient (Wildman–Crippen LogP) is 9.24. The van der Waals surface area contributed by atoms with Gasteiger partial charge in [-0.2, -0.15) is 0 Å². The van der Waals surface area contributed by atoms with Crippen molar-refractivity contribution in [2.75, 3.05) is 13.2 Å². The van der Waals surface area contributed by atoms with E-state index in [0.29, 0.717) is 26.1 Å². The Morgan fingerprint density at radius 2 is 1.02 bits per heavy atom. The van der Waals surface area contributed by atoms with Gasteiger partial charge in [-0.05, 0) is 54.7 Å². The van der Waals surface area contributed by atoms with Crippen molar-refractivity contribution in [1.29, 1.82) is 0 Å². The van der Waals surface area contributed by atoms with E-state index in [1.807, 2.05) is 48.5 Å². The van der Waals surface area contributed by atoms with Crippen LogP contribution in [0.3, 0.4) is 0 Å². The first-order valence-corrected chi connectivity index (χ1v) is 17.1. The molecule has 0 bridgehead atoms. The summed E-state index contributed by atoms with van der Waals surface area (Å²) in [6.45, 7) is 5.92. The highest BCUT2D eigenvalue weighted by Crippen LogP contribution is 2.38. The lowest BCUT2D eigenvalue weighted by molar-refractivity contribution is -0.120. The molecule has 0 saturated carbocycles. The Kier molecular flexibility index (Phi) is 15.9. The third-order valence-corrected chi connectivity index (χ3v) is 8.62. The number of hydrogen-bond donors (Lipinski definition) is 2. The lowest BCUT2D eigenvalue weighted by Gasteiger charge is -2.35. The van der Waals surface area contributed by atoms with E-state index >= 15 is 0 Å². The molecule has 1 aliphatic heterocycles. The van der Waals surface area contributed by atoms with E-state index in [2.05, 4.69) is 19.2 Å². The first kappa shape index (κ1) is 34.0. The third-order valence-electron chi connectivity index (χ3n) is 8.62. The maximum atomic E-state index is 12.2. The van der Waals surface area contributed by atoms with Crippen molar-refractivity contribution in [3.63, 3.8) is 0 Å². The van der Waals surface area contributed by atoms with Crippen molar-refractivity contribution in [1.82, 2.24) is 5.32 Å². The van der Waals surface area contributed by atoms with Gasteiger partial charge in [-0.3, -0.25) is 4.79 Å². The molecule has 42 heavy (non-hydrogen) atoms. The number of carbonyl (C=O) groups excluding carboxylic acids is 1. The first-order valence-electron chi connectivity index (χ1n) is 17.1. The topological polar surface area (TPSA) is 67.8 Å². The van der Waals surface area contributed by atoms with Gasteiger partial charge in [-0.15, -0.1) is 0 Å². The molecular formula is C37H57NO4. The van der Waals surface area contributed by atoms with Crippen molar-refractivity contribution in [2.24, 2.45) is 0 Å². The highest BCUT2D eigenvalue weighted by molar-refractivity contribution is 5.79. The van der Waals surface area contributed by atoms with Crippen LogP contribution in [0.25, 0.3) is 0 Å². The van der Waals surface area contributed by atoms with Gasteiger partial charge < -0.3 is 19.9 Å². The number of hydrogen-bond acceptors (Lipinski definition) is 4. The summed E-state index contributed by atoms with van der Waals surface area (Å²) in [5, 5.41) is 15.2. The normalized spacial score (nSPS) is 15.1. The van der Waals surface area contributed by atoms with Crippen LogP contribution in [-0.4, -0.2) is 30.3 Å². The molecule has 1 saturated heterocycles. The van der Waals surface area contributed by atoms with Crippen LogP contribution >= 0.6 is 0 Å². The Hall–Kier alpha value is -2.53. The standard InChI is InChI=1S/C37H57NO4/c1-3-5-7-9-11-13-15-17-29-41-33-23-19-31(20-24-33)37(40,35-27-28-36(39)38-35)32-21-25-34(26-22-32)42-30-18-16-14-12-10-8-6-4-2/h19-26,35,40H,3-18,27-30H2,1-2H3,(H,38,39)/t35-/m0/s1. The zero-order valence-corrected chi connectivity index (χ0v) is 26.5. The highest BCUT2D eigenvalue weighted by Gasteiger charge is 2.43. The zero-order chi connectivity index (χ0) is 29.9. The molecular weight excluding hydrogens is 522 g/mol. The number of benzene rings is 2. The summed E-state index contributed by atoms with van der Waals surface area (Å²) in [5.74, 6) is 1.60. The Labute approximate surface area is 255 Å². The van der Waals surface area contributed by atoms with E-state index in [1.165, 1.54) is 89.9 Å². The monoisotopic (exact) mass is 579 g/mol. The fraction of sp³-hybridized carbons (Fsp3) is 0.649. The van der Waals surface area contributed by atoms with Gasteiger partial charge in [0.15, 0.2) is 0 Å². The second kappa shape index (κ2) is 19.6. The van der Waals surface area contributed by atoms with Gasteiger partial charge in [0.2, 0.25) is 5.91 Å². The van der Waals surface area contributed by atoms with Gasteiger partial charge in [0.25, 0.3) is 0 Å². The van der Waals surface area contributed by atoms with E-state index in [1.54, 1.807) is 0 Å². The van der Waals surface area contributed by atoms with Crippen LogP contribution in [0.2, 0.25) is 0 Å². The lowest BCUT2D eigenvalue weighted by Crippen LogP contribution is -2.47. The summed E-state index contributed by atoms with van der Waals surface area (Å²) < 4.78 is 12.0. The Bertz CT molecular complexity index is 922. The Balaban J connectivity index is 1.51. The maximum absolute atomic E-state index is 12.2. The van der Waals surface area contributed by atoms with Crippen LogP contribution in [-0.2, 0) is 10.4 Å². The fourth-order valence-electron chi connectivity index (χ4n) is 5.96. The summed E-state index contributed by atoms with van der Waals surface area (Å²) in [6.07, 6.45) is 21.4. The van der Waals surface area contributed by atoms with Gasteiger partial charge >= 0.3 is 0 Å². The van der Waals surface area contributed by atoms with E-state index in [4.69, 9.17) is 9.47 Å². The number of unbranched alkanes of at least 4 members (excludes halogenated alkanes) is 14. The summed E-state index contributed by atoms with van der Waals surface area (Å²) in [6, 6.07) is 15.1. The molecule has 5 nitrogen and oxygen atoms in total. The van der Waals surface area contributed by atoms with E-state index < -0.39 is 11.6 Å². The van der Waals surface area contributed by atoms with Gasteiger partial charge in [-0.25, -0.2) is 0 Å². The quantitative estimate of drug-likeness (QED) is 0.129. The molecule has 0 aliphatic carbocycles. The van der Waals surface area contributed by atoms with Crippen molar-refractivity contribution < 1.29 is 19.4 Å². The van der Waals surface area contributed by atoms with Crippen molar-refractivity contribution in [3.05, 3.63) is 59.7 Å². The molecule has 1 atom stereocenters. The summed E-state index contributed by atoms with van der Waals surface area (Å²) in [7, 11) is 0. The molecule has 0 spiro atoms. The second-order valence-corrected chi connectivity index (χ2v) is 12.1. The first-order chi connectivity index (χ1) is 20.6. The predicted molar refractivity (Wildman–Crippen MR) is 173 cm³/mol. The summed E-state index contributed by atoms with van der Waals surface area (Å²) >= 11 is 0. The Morgan fingerprint density at radius 1 is 0.643 bits per heavy atom. The molecule has 2 aromatic rings. The van der Waals surface area contributed by atoms with Gasteiger partial charge in [0.05, 0.1) is 19.3 Å². The second-order valence-electron chi connectivity index (χ2n) is 12.1. The minimum absolute atomic E-state index is 0.0194. The van der Waals surface area contributed by atoms with Gasteiger partial charge in [-0.1, -0.05) is 128 Å². The van der Waals surface area contributed by atoms with Crippen molar-refractivity contribution in [3.8, 4) is 11.5 Å². The van der Waals surface area contributed by atoms with Gasteiger partial charge in [0.1, 0.15) is 17.1 Å². The molecule has 1 amide bonds. The fourth-order valence-corrected chi connectivity index (χ4v) is 5.96. The average Bonchev–Trinajstić information content (AvgIpc) is 3.46. The average molecular weight is 580 g/mol. The maximum Gasteiger partial charge on any atom is 0.220 e. The largest absolute Gasteiger partial charge is 0.494 e. The third kappa shape index (κ3) is 11.3. The highest BCUT2D eigenvalue weighted by atomic mass is 16.5. The molecule has 2 N–H and O–H groups in total. The van der Waals surface area contributed by atoms with Crippen LogP contribution in [0.4, 0.5) is 0 Å². The number of rotatable bonds is 23. The molecule has 0 unspecified atom stereocenters. The van der Waals surface area contributed by atoms with Crippen LogP contribution in [0, 0.1) is 0 Å². The number of ether oxygens (including phenoxy) is 2.